The van der Waals surface area contributed by atoms with E-state index in [-0.39, 0.29) is 18.0 Å². The highest BCUT2D eigenvalue weighted by molar-refractivity contribution is 6.30. The molecular weight excluding hydrogens is 366 g/mol. The normalized spacial score (nSPS) is 10.9. The molecule has 0 saturated heterocycles. The number of amides is 1. The van der Waals surface area contributed by atoms with Crippen LogP contribution in [0, 0.1) is 0 Å². The zero-order valence-electron chi connectivity index (χ0n) is 14.9. The summed E-state index contributed by atoms with van der Waals surface area (Å²) in [6.45, 7) is 2.12. The number of benzene rings is 2. The first-order valence-electron chi connectivity index (χ1n) is 8.79. The average molecular weight is 386 g/mol. The van der Waals surface area contributed by atoms with Crippen molar-refractivity contribution in [1.29, 1.82) is 0 Å². The maximum absolute atomic E-state index is 12.9. The Kier molecular flexibility index (Phi) is 5.76. The van der Waals surface area contributed by atoms with Gasteiger partial charge in [-0.3, -0.25) is 18.7 Å². The first-order chi connectivity index (χ1) is 13.0. The van der Waals surface area contributed by atoms with Gasteiger partial charge in [0.25, 0.3) is 5.56 Å². The van der Waals surface area contributed by atoms with Crippen LogP contribution in [0.4, 0.5) is 5.69 Å². The maximum atomic E-state index is 12.9. The van der Waals surface area contributed by atoms with Crippen molar-refractivity contribution in [3.63, 3.8) is 0 Å². The molecule has 3 rings (SSSR count). The van der Waals surface area contributed by atoms with Gasteiger partial charge in [0.2, 0.25) is 5.91 Å². The first-order valence-corrected chi connectivity index (χ1v) is 9.17. The predicted molar refractivity (Wildman–Crippen MR) is 107 cm³/mol. The summed E-state index contributed by atoms with van der Waals surface area (Å²) in [5.41, 5.74) is 0.189. The Bertz CT molecular complexity index is 1100. The lowest BCUT2D eigenvalue weighted by molar-refractivity contribution is -0.116. The molecule has 0 atom stereocenters. The number of hydrogen-bond donors (Lipinski definition) is 1. The van der Waals surface area contributed by atoms with Gasteiger partial charge in [0.15, 0.2) is 0 Å². The van der Waals surface area contributed by atoms with E-state index in [2.05, 4.69) is 5.32 Å². The van der Waals surface area contributed by atoms with Crippen LogP contribution in [0.5, 0.6) is 0 Å². The Balaban J connectivity index is 2.01. The monoisotopic (exact) mass is 385 g/mol. The number of hydrogen-bond acceptors (Lipinski definition) is 3. The van der Waals surface area contributed by atoms with Crippen molar-refractivity contribution in [2.45, 2.75) is 32.9 Å². The molecule has 3 aromatic rings. The molecule has 0 aliphatic carbocycles. The van der Waals surface area contributed by atoms with Crippen LogP contribution in [-0.4, -0.2) is 15.0 Å². The van der Waals surface area contributed by atoms with Crippen LogP contribution >= 0.6 is 11.6 Å². The van der Waals surface area contributed by atoms with Gasteiger partial charge in [0, 0.05) is 17.3 Å². The van der Waals surface area contributed by atoms with Gasteiger partial charge in [0.05, 0.1) is 10.9 Å². The van der Waals surface area contributed by atoms with Crippen LogP contribution in [0.3, 0.4) is 0 Å². The number of halogens is 1. The second-order valence-electron chi connectivity index (χ2n) is 6.25. The van der Waals surface area contributed by atoms with Gasteiger partial charge in [-0.05, 0) is 36.8 Å². The Labute approximate surface area is 161 Å². The van der Waals surface area contributed by atoms with E-state index < -0.39 is 5.69 Å². The fourth-order valence-corrected chi connectivity index (χ4v) is 3.14. The molecule has 0 unspecified atom stereocenters. The Morgan fingerprint density at radius 2 is 1.85 bits per heavy atom. The van der Waals surface area contributed by atoms with E-state index >= 15 is 0 Å². The number of carbonyl (C=O) groups is 1. The standard InChI is InChI=1S/C20H20ClN3O3/c1-2-3-11-23-19(26)16-9-4-5-10-17(16)24(20(23)27)13-18(25)22-15-8-6-7-14(21)12-15/h4-10,12H,2-3,11,13H2,1H3,(H,22,25). The molecule has 2 aromatic carbocycles. The average Bonchev–Trinajstić information content (AvgIpc) is 2.65. The van der Waals surface area contributed by atoms with Crippen molar-refractivity contribution in [3.05, 3.63) is 74.4 Å². The van der Waals surface area contributed by atoms with Gasteiger partial charge in [-0.1, -0.05) is 43.1 Å². The predicted octanol–water partition coefficient (Wildman–Crippen LogP) is 3.26. The van der Waals surface area contributed by atoms with E-state index in [0.717, 1.165) is 6.42 Å². The fourth-order valence-electron chi connectivity index (χ4n) is 2.95. The van der Waals surface area contributed by atoms with Gasteiger partial charge >= 0.3 is 5.69 Å². The third kappa shape index (κ3) is 4.11. The molecule has 0 fully saturated rings. The molecule has 0 spiro atoms. The largest absolute Gasteiger partial charge is 0.331 e. The minimum absolute atomic E-state index is 0.196. The minimum atomic E-state index is -0.478. The lowest BCUT2D eigenvalue weighted by Crippen LogP contribution is -2.41. The molecule has 0 bridgehead atoms. The second kappa shape index (κ2) is 8.22. The highest BCUT2D eigenvalue weighted by Gasteiger charge is 2.15. The van der Waals surface area contributed by atoms with Crippen molar-refractivity contribution >= 4 is 34.1 Å². The highest BCUT2D eigenvalue weighted by atomic mass is 35.5. The number of para-hydroxylation sites is 1. The van der Waals surface area contributed by atoms with Crippen molar-refractivity contribution in [3.8, 4) is 0 Å². The molecule has 140 valence electrons. The van der Waals surface area contributed by atoms with Crippen molar-refractivity contribution in [2.24, 2.45) is 0 Å². The summed E-state index contributed by atoms with van der Waals surface area (Å²) < 4.78 is 2.55. The molecule has 1 heterocycles. The van der Waals surface area contributed by atoms with Crippen LogP contribution in [0.2, 0.25) is 5.02 Å². The van der Waals surface area contributed by atoms with E-state index in [1.165, 1.54) is 9.13 Å². The number of anilines is 1. The number of unbranched alkanes of at least 4 members (excludes halogenated alkanes) is 1. The fraction of sp³-hybridized carbons (Fsp3) is 0.250. The third-order valence-electron chi connectivity index (χ3n) is 4.28. The zero-order valence-corrected chi connectivity index (χ0v) is 15.7. The number of nitrogens with one attached hydrogen (secondary N) is 1. The summed E-state index contributed by atoms with van der Waals surface area (Å²) in [7, 11) is 0. The number of carbonyl (C=O) groups excluding carboxylic acids is 1. The summed E-state index contributed by atoms with van der Waals surface area (Å²) in [5.74, 6) is -0.370. The molecule has 0 aliphatic heterocycles. The number of nitrogens with zero attached hydrogens (tertiary/aromatic N) is 2. The van der Waals surface area contributed by atoms with Gasteiger partial charge in [-0.15, -0.1) is 0 Å². The molecule has 7 heteroatoms. The van der Waals surface area contributed by atoms with Gasteiger partial charge in [-0.2, -0.15) is 0 Å². The molecule has 0 aliphatic rings. The molecule has 6 nitrogen and oxygen atoms in total. The summed E-state index contributed by atoms with van der Waals surface area (Å²) >= 11 is 5.93. The molecule has 1 aromatic heterocycles. The number of aromatic nitrogens is 2. The lowest BCUT2D eigenvalue weighted by atomic mass is 10.2. The number of rotatable bonds is 6. The van der Waals surface area contributed by atoms with Gasteiger partial charge < -0.3 is 5.32 Å². The first kappa shape index (κ1) is 18.9. The number of fused-ring (bicyclic) bond motifs is 1. The van der Waals surface area contributed by atoms with Crippen LogP contribution in [0.15, 0.2) is 58.1 Å². The molecule has 27 heavy (non-hydrogen) atoms. The summed E-state index contributed by atoms with van der Waals surface area (Å²) in [6, 6.07) is 13.6. The Hall–Kier alpha value is -2.86. The lowest BCUT2D eigenvalue weighted by Gasteiger charge is -2.14. The molecule has 1 N–H and O–H groups in total. The quantitative estimate of drug-likeness (QED) is 0.707. The van der Waals surface area contributed by atoms with Gasteiger partial charge in [-0.25, -0.2) is 4.79 Å². The van der Waals surface area contributed by atoms with Crippen molar-refractivity contribution < 1.29 is 4.79 Å². The van der Waals surface area contributed by atoms with Gasteiger partial charge in [0.1, 0.15) is 6.54 Å². The highest BCUT2D eigenvalue weighted by Crippen LogP contribution is 2.15. The summed E-state index contributed by atoms with van der Waals surface area (Å²) in [4.78, 5) is 38.0. The SMILES string of the molecule is CCCCn1c(=O)c2ccccc2n(CC(=O)Nc2cccc(Cl)c2)c1=O. The van der Waals surface area contributed by atoms with E-state index in [9.17, 15) is 14.4 Å². The molecule has 0 radical (unpaired) electrons. The molecular formula is C20H20ClN3O3. The second-order valence-corrected chi connectivity index (χ2v) is 6.69. The van der Waals surface area contributed by atoms with Crippen LogP contribution in [0.25, 0.3) is 10.9 Å². The summed E-state index contributed by atoms with van der Waals surface area (Å²) in [6.07, 6.45) is 1.57. The van der Waals surface area contributed by atoms with E-state index in [1.807, 2.05) is 6.92 Å². The van der Waals surface area contributed by atoms with E-state index in [1.54, 1.807) is 48.5 Å². The third-order valence-corrected chi connectivity index (χ3v) is 4.51. The topological polar surface area (TPSA) is 73.1 Å². The Morgan fingerprint density at radius 1 is 1.07 bits per heavy atom. The smallest absolute Gasteiger partial charge is 0.324 e. The summed E-state index contributed by atoms with van der Waals surface area (Å²) in [5, 5.41) is 3.65. The van der Waals surface area contributed by atoms with Crippen LogP contribution in [-0.2, 0) is 17.9 Å². The van der Waals surface area contributed by atoms with Crippen molar-refractivity contribution in [1.82, 2.24) is 9.13 Å². The van der Waals surface area contributed by atoms with Crippen LogP contribution in [0.1, 0.15) is 19.8 Å². The Morgan fingerprint density at radius 3 is 2.59 bits per heavy atom. The van der Waals surface area contributed by atoms with E-state index in [4.69, 9.17) is 11.6 Å². The molecule has 1 amide bonds. The molecule has 0 saturated carbocycles. The van der Waals surface area contributed by atoms with Crippen LogP contribution < -0.4 is 16.6 Å². The minimum Gasteiger partial charge on any atom is -0.324 e. The van der Waals surface area contributed by atoms with E-state index in [0.29, 0.717) is 34.6 Å². The maximum Gasteiger partial charge on any atom is 0.331 e. The van der Waals surface area contributed by atoms with Crippen molar-refractivity contribution in [2.75, 3.05) is 5.32 Å². The zero-order chi connectivity index (χ0) is 19.4.